The maximum atomic E-state index is 5.85. The van der Waals surface area contributed by atoms with E-state index >= 15 is 0 Å². The fraction of sp³-hybridized carbons (Fsp3) is 0.381. The van der Waals surface area contributed by atoms with Gasteiger partial charge in [-0.05, 0) is 50.0 Å². The van der Waals surface area contributed by atoms with Gasteiger partial charge in [-0.15, -0.1) is 24.8 Å². The van der Waals surface area contributed by atoms with Gasteiger partial charge < -0.3 is 10.3 Å². The summed E-state index contributed by atoms with van der Waals surface area (Å²) in [5, 5.41) is 0. The highest BCUT2D eigenvalue weighted by Gasteiger charge is 2.23. The monoisotopic (exact) mass is 406 g/mol. The van der Waals surface area contributed by atoms with Crippen molar-refractivity contribution in [3.05, 3.63) is 65.5 Å². The van der Waals surface area contributed by atoms with E-state index in [0.717, 1.165) is 44.1 Å². The molecule has 4 nitrogen and oxygen atoms in total. The summed E-state index contributed by atoms with van der Waals surface area (Å²) in [4.78, 5) is 7.42. The van der Waals surface area contributed by atoms with Crippen LogP contribution >= 0.6 is 24.8 Å². The number of rotatable bonds is 5. The van der Waals surface area contributed by atoms with E-state index < -0.39 is 0 Å². The SMILES string of the molecule is Cc1ccc(Cn2c(CN3CCC(CN)C3)nc3ccccc32)cc1.Cl.Cl. The molecule has 1 aromatic heterocycles. The highest BCUT2D eigenvalue weighted by molar-refractivity contribution is 5.85. The van der Waals surface area contributed by atoms with E-state index in [1.165, 1.54) is 23.1 Å². The lowest BCUT2D eigenvalue weighted by atomic mass is 10.1. The zero-order chi connectivity index (χ0) is 17.2. The molecule has 0 radical (unpaired) electrons. The Kier molecular flexibility index (Phi) is 7.68. The molecular formula is C21H28Cl2N4. The topological polar surface area (TPSA) is 47.1 Å². The van der Waals surface area contributed by atoms with Crippen LogP contribution in [-0.4, -0.2) is 34.1 Å². The van der Waals surface area contributed by atoms with Crippen molar-refractivity contribution in [2.45, 2.75) is 26.4 Å². The lowest BCUT2D eigenvalue weighted by Gasteiger charge is -2.17. The quantitative estimate of drug-likeness (QED) is 0.695. The second-order valence-corrected chi connectivity index (χ2v) is 7.21. The molecule has 1 saturated heterocycles. The minimum atomic E-state index is 0. The van der Waals surface area contributed by atoms with Gasteiger partial charge in [0.1, 0.15) is 5.82 Å². The molecule has 4 rings (SSSR count). The van der Waals surface area contributed by atoms with Crippen molar-refractivity contribution in [1.82, 2.24) is 14.5 Å². The number of imidazole rings is 1. The van der Waals surface area contributed by atoms with E-state index in [9.17, 15) is 0 Å². The number of para-hydroxylation sites is 2. The minimum Gasteiger partial charge on any atom is -0.330 e. The molecule has 2 N–H and O–H groups in total. The summed E-state index contributed by atoms with van der Waals surface area (Å²) in [6, 6.07) is 17.2. The zero-order valence-electron chi connectivity index (χ0n) is 15.7. The molecule has 1 unspecified atom stereocenters. The Bertz CT molecular complexity index is 860. The van der Waals surface area contributed by atoms with Gasteiger partial charge in [-0.1, -0.05) is 42.0 Å². The van der Waals surface area contributed by atoms with Crippen LogP contribution < -0.4 is 5.73 Å². The number of aromatic nitrogens is 2. The first-order chi connectivity index (χ1) is 12.2. The number of benzene rings is 2. The average Bonchev–Trinajstić information content (AvgIpc) is 3.22. The van der Waals surface area contributed by atoms with Crippen LogP contribution in [-0.2, 0) is 13.1 Å². The second-order valence-electron chi connectivity index (χ2n) is 7.21. The summed E-state index contributed by atoms with van der Waals surface area (Å²) in [5.41, 5.74) is 10.8. The van der Waals surface area contributed by atoms with Crippen LogP contribution in [0.1, 0.15) is 23.4 Å². The van der Waals surface area contributed by atoms with Crippen molar-refractivity contribution in [3.8, 4) is 0 Å². The number of aryl methyl sites for hydroxylation is 1. The van der Waals surface area contributed by atoms with E-state index in [2.05, 4.69) is 64.9 Å². The summed E-state index contributed by atoms with van der Waals surface area (Å²) < 4.78 is 2.37. The van der Waals surface area contributed by atoms with Crippen molar-refractivity contribution in [1.29, 1.82) is 0 Å². The molecule has 2 heterocycles. The molecule has 0 amide bonds. The first-order valence-corrected chi connectivity index (χ1v) is 9.15. The number of hydrogen-bond donors (Lipinski definition) is 1. The normalized spacial score (nSPS) is 16.9. The van der Waals surface area contributed by atoms with Crippen LogP contribution in [0.3, 0.4) is 0 Å². The standard InChI is InChI=1S/C21H26N4.2ClH/c1-16-6-8-17(9-7-16)14-25-20-5-3-2-4-19(20)23-21(25)15-24-11-10-18(12-22)13-24;;/h2-9,18H,10-15,22H2,1H3;2*1H. The van der Waals surface area contributed by atoms with Gasteiger partial charge in [0.25, 0.3) is 0 Å². The lowest BCUT2D eigenvalue weighted by molar-refractivity contribution is 0.306. The molecule has 146 valence electrons. The summed E-state index contributed by atoms with van der Waals surface area (Å²) >= 11 is 0. The number of halogens is 2. The summed E-state index contributed by atoms with van der Waals surface area (Å²) in [5.74, 6) is 1.79. The number of likely N-dealkylation sites (tertiary alicyclic amines) is 1. The predicted octanol–water partition coefficient (Wildman–Crippen LogP) is 4.02. The molecule has 27 heavy (non-hydrogen) atoms. The largest absolute Gasteiger partial charge is 0.330 e. The van der Waals surface area contributed by atoms with Gasteiger partial charge in [0.05, 0.1) is 17.6 Å². The van der Waals surface area contributed by atoms with Gasteiger partial charge in [0.15, 0.2) is 0 Å². The molecule has 6 heteroatoms. The Labute approximate surface area is 173 Å². The summed E-state index contributed by atoms with van der Waals surface area (Å²) in [6.07, 6.45) is 1.20. The average molecular weight is 407 g/mol. The molecule has 0 aliphatic carbocycles. The summed E-state index contributed by atoms with van der Waals surface area (Å²) in [6.45, 7) is 6.89. The second kappa shape index (κ2) is 9.56. The fourth-order valence-corrected chi connectivity index (χ4v) is 3.75. The Morgan fingerprint density at radius 1 is 1.04 bits per heavy atom. The molecule has 2 aromatic carbocycles. The smallest absolute Gasteiger partial charge is 0.124 e. The van der Waals surface area contributed by atoms with Crippen molar-refractivity contribution in [2.75, 3.05) is 19.6 Å². The first-order valence-electron chi connectivity index (χ1n) is 9.15. The van der Waals surface area contributed by atoms with Crippen LogP contribution in [0, 0.1) is 12.8 Å². The van der Waals surface area contributed by atoms with Gasteiger partial charge in [0, 0.05) is 13.1 Å². The highest BCUT2D eigenvalue weighted by atomic mass is 35.5. The van der Waals surface area contributed by atoms with Crippen LogP contribution in [0.25, 0.3) is 11.0 Å². The Balaban J connectivity index is 0.00000131. The predicted molar refractivity (Wildman–Crippen MR) is 117 cm³/mol. The first kappa shape index (κ1) is 21.7. The van der Waals surface area contributed by atoms with Crippen LogP contribution in [0.2, 0.25) is 0 Å². The van der Waals surface area contributed by atoms with Crippen molar-refractivity contribution in [3.63, 3.8) is 0 Å². The molecule has 1 aliphatic heterocycles. The Hall–Kier alpha value is -1.59. The molecule has 1 aliphatic rings. The third kappa shape index (κ3) is 4.82. The molecule has 0 bridgehead atoms. The Morgan fingerprint density at radius 2 is 1.78 bits per heavy atom. The number of hydrogen-bond acceptors (Lipinski definition) is 3. The maximum absolute atomic E-state index is 5.85. The van der Waals surface area contributed by atoms with Gasteiger partial charge in [-0.25, -0.2) is 4.98 Å². The van der Waals surface area contributed by atoms with E-state index in [4.69, 9.17) is 10.7 Å². The third-order valence-corrected chi connectivity index (χ3v) is 5.26. The zero-order valence-corrected chi connectivity index (χ0v) is 17.3. The fourth-order valence-electron chi connectivity index (χ4n) is 3.75. The molecule has 1 atom stereocenters. The van der Waals surface area contributed by atoms with Gasteiger partial charge in [0.2, 0.25) is 0 Å². The molecule has 3 aromatic rings. The molecule has 1 fully saturated rings. The minimum absolute atomic E-state index is 0. The molecule has 0 saturated carbocycles. The van der Waals surface area contributed by atoms with E-state index in [1.54, 1.807) is 0 Å². The molecule has 0 spiro atoms. The number of fused-ring (bicyclic) bond motifs is 1. The number of nitrogens with zero attached hydrogens (tertiary/aromatic N) is 3. The van der Waals surface area contributed by atoms with Crippen molar-refractivity contribution in [2.24, 2.45) is 11.7 Å². The van der Waals surface area contributed by atoms with Gasteiger partial charge in [-0.3, -0.25) is 4.90 Å². The van der Waals surface area contributed by atoms with Crippen molar-refractivity contribution < 1.29 is 0 Å². The van der Waals surface area contributed by atoms with Crippen LogP contribution in [0.5, 0.6) is 0 Å². The van der Waals surface area contributed by atoms with Crippen LogP contribution in [0.4, 0.5) is 0 Å². The molecular weight excluding hydrogens is 379 g/mol. The van der Waals surface area contributed by atoms with Gasteiger partial charge in [-0.2, -0.15) is 0 Å². The van der Waals surface area contributed by atoms with E-state index in [1.807, 2.05) is 0 Å². The van der Waals surface area contributed by atoms with E-state index in [0.29, 0.717) is 5.92 Å². The highest BCUT2D eigenvalue weighted by Crippen LogP contribution is 2.22. The van der Waals surface area contributed by atoms with Gasteiger partial charge >= 0.3 is 0 Å². The summed E-state index contributed by atoms with van der Waals surface area (Å²) in [7, 11) is 0. The van der Waals surface area contributed by atoms with Crippen LogP contribution in [0.15, 0.2) is 48.5 Å². The Morgan fingerprint density at radius 3 is 2.48 bits per heavy atom. The maximum Gasteiger partial charge on any atom is 0.124 e. The number of nitrogens with two attached hydrogens (primary N) is 1. The van der Waals surface area contributed by atoms with E-state index in [-0.39, 0.29) is 24.8 Å². The lowest BCUT2D eigenvalue weighted by Crippen LogP contribution is -2.24. The van der Waals surface area contributed by atoms with Crippen molar-refractivity contribution >= 4 is 35.8 Å². The third-order valence-electron chi connectivity index (χ3n) is 5.26.